The van der Waals surface area contributed by atoms with Crippen LogP contribution in [0.15, 0.2) is 48.5 Å². The highest BCUT2D eigenvalue weighted by molar-refractivity contribution is 5.49. The van der Waals surface area contributed by atoms with Crippen LogP contribution in [0.4, 0.5) is 11.4 Å². The van der Waals surface area contributed by atoms with Gasteiger partial charge >= 0.3 is 0 Å². The SMILES string of the molecule is CCCc1ccc(N(C)Cc2ccc(NC)cc2)cc1. The molecule has 0 aliphatic rings. The average molecular weight is 268 g/mol. The largest absolute Gasteiger partial charge is 0.388 e. The lowest BCUT2D eigenvalue weighted by Crippen LogP contribution is -2.16. The lowest BCUT2D eigenvalue weighted by Gasteiger charge is -2.20. The van der Waals surface area contributed by atoms with Gasteiger partial charge in [-0.25, -0.2) is 0 Å². The number of aryl methyl sites for hydroxylation is 1. The van der Waals surface area contributed by atoms with Gasteiger partial charge in [0.1, 0.15) is 0 Å². The smallest absolute Gasteiger partial charge is 0.0426 e. The molecule has 0 aromatic heterocycles. The number of nitrogens with one attached hydrogen (secondary N) is 1. The zero-order valence-electron chi connectivity index (χ0n) is 12.7. The van der Waals surface area contributed by atoms with Gasteiger partial charge in [0.2, 0.25) is 0 Å². The van der Waals surface area contributed by atoms with Gasteiger partial charge in [-0.15, -0.1) is 0 Å². The summed E-state index contributed by atoms with van der Waals surface area (Å²) in [6.45, 7) is 3.14. The molecule has 0 aliphatic heterocycles. The van der Waals surface area contributed by atoms with Crippen LogP contribution in [0.2, 0.25) is 0 Å². The predicted molar refractivity (Wildman–Crippen MR) is 88.5 cm³/mol. The Morgan fingerprint density at radius 1 is 0.900 bits per heavy atom. The summed E-state index contributed by atoms with van der Waals surface area (Å²) in [6, 6.07) is 17.5. The van der Waals surface area contributed by atoms with Gasteiger partial charge in [-0.2, -0.15) is 0 Å². The van der Waals surface area contributed by atoms with Crippen LogP contribution in [-0.2, 0) is 13.0 Å². The fourth-order valence-electron chi connectivity index (χ4n) is 2.35. The van der Waals surface area contributed by atoms with Crippen molar-refractivity contribution < 1.29 is 0 Å². The van der Waals surface area contributed by atoms with Crippen LogP contribution < -0.4 is 10.2 Å². The lowest BCUT2D eigenvalue weighted by atomic mass is 10.1. The van der Waals surface area contributed by atoms with Crippen LogP contribution in [0, 0.1) is 0 Å². The molecular weight excluding hydrogens is 244 g/mol. The third-order valence-corrected chi connectivity index (χ3v) is 3.58. The van der Waals surface area contributed by atoms with Crippen molar-refractivity contribution in [2.24, 2.45) is 0 Å². The van der Waals surface area contributed by atoms with E-state index in [1.165, 1.54) is 23.2 Å². The van der Waals surface area contributed by atoms with E-state index in [1.54, 1.807) is 0 Å². The normalized spacial score (nSPS) is 10.3. The van der Waals surface area contributed by atoms with Gasteiger partial charge in [-0.1, -0.05) is 37.6 Å². The molecule has 0 fully saturated rings. The van der Waals surface area contributed by atoms with E-state index in [9.17, 15) is 0 Å². The third kappa shape index (κ3) is 3.77. The molecular formula is C18H24N2. The molecule has 2 aromatic rings. The summed E-state index contributed by atoms with van der Waals surface area (Å²) in [5, 5.41) is 3.14. The van der Waals surface area contributed by atoms with Crippen molar-refractivity contribution in [3.8, 4) is 0 Å². The maximum Gasteiger partial charge on any atom is 0.0426 e. The van der Waals surface area contributed by atoms with Crippen LogP contribution in [0.1, 0.15) is 24.5 Å². The minimum atomic E-state index is 0.928. The zero-order valence-corrected chi connectivity index (χ0v) is 12.7. The molecule has 0 radical (unpaired) electrons. The molecule has 0 bridgehead atoms. The van der Waals surface area contributed by atoms with E-state index in [4.69, 9.17) is 0 Å². The summed E-state index contributed by atoms with van der Waals surface area (Å²) in [5.41, 5.74) is 5.16. The van der Waals surface area contributed by atoms with Gasteiger partial charge in [0.05, 0.1) is 0 Å². The maximum absolute atomic E-state index is 3.14. The first-order valence-corrected chi connectivity index (χ1v) is 7.29. The molecule has 0 saturated heterocycles. The second-order valence-electron chi connectivity index (χ2n) is 5.22. The van der Waals surface area contributed by atoms with Crippen LogP contribution in [0.25, 0.3) is 0 Å². The number of anilines is 2. The van der Waals surface area contributed by atoms with Gasteiger partial charge in [0.25, 0.3) is 0 Å². The van der Waals surface area contributed by atoms with Gasteiger partial charge in [0, 0.05) is 32.0 Å². The summed E-state index contributed by atoms with van der Waals surface area (Å²) < 4.78 is 0. The molecule has 106 valence electrons. The van der Waals surface area contributed by atoms with E-state index in [1.807, 2.05) is 7.05 Å². The van der Waals surface area contributed by atoms with Crippen LogP contribution in [0.3, 0.4) is 0 Å². The van der Waals surface area contributed by atoms with E-state index < -0.39 is 0 Å². The zero-order chi connectivity index (χ0) is 14.4. The lowest BCUT2D eigenvalue weighted by molar-refractivity contribution is 0.908. The quantitative estimate of drug-likeness (QED) is 0.839. The fraction of sp³-hybridized carbons (Fsp3) is 0.333. The summed E-state index contributed by atoms with van der Waals surface area (Å²) in [4.78, 5) is 2.28. The summed E-state index contributed by atoms with van der Waals surface area (Å²) in [6.07, 6.45) is 2.36. The molecule has 2 aromatic carbocycles. The summed E-state index contributed by atoms with van der Waals surface area (Å²) in [5.74, 6) is 0. The van der Waals surface area contributed by atoms with Gasteiger partial charge in [0.15, 0.2) is 0 Å². The molecule has 0 heterocycles. The molecule has 2 heteroatoms. The Bertz CT molecular complexity index is 514. The van der Waals surface area contributed by atoms with Gasteiger partial charge in [-0.3, -0.25) is 0 Å². The van der Waals surface area contributed by atoms with Crippen LogP contribution in [-0.4, -0.2) is 14.1 Å². The highest BCUT2D eigenvalue weighted by atomic mass is 15.1. The number of rotatable bonds is 6. The summed E-state index contributed by atoms with van der Waals surface area (Å²) in [7, 11) is 4.08. The molecule has 0 atom stereocenters. The minimum absolute atomic E-state index is 0.928. The highest BCUT2D eigenvalue weighted by Gasteiger charge is 2.02. The molecule has 20 heavy (non-hydrogen) atoms. The molecule has 2 nitrogen and oxygen atoms in total. The Morgan fingerprint density at radius 3 is 2.05 bits per heavy atom. The monoisotopic (exact) mass is 268 g/mol. The Kier molecular flexibility index (Phi) is 5.05. The van der Waals surface area contributed by atoms with Gasteiger partial charge in [-0.05, 0) is 41.8 Å². The second kappa shape index (κ2) is 6.99. The minimum Gasteiger partial charge on any atom is -0.388 e. The van der Waals surface area contributed by atoms with Crippen molar-refractivity contribution >= 4 is 11.4 Å². The number of hydrogen-bond donors (Lipinski definition) is 1. The summed E-state index contributed by atoms with van der Waals surface area (Å²) >= 11 is 0. The van der Waals surface area contributed by atoms with E-state index in [-0.39, 0.29) is 0 Å². The Labute approximate surface area is 122 Å². The van der Waals surface area contributed by atoms with Crippen molar-refractivity contribution in [3.05, 3.63) is 59.7 Å². The van der Waals surface area contributed by atoms with Crippen LogP contribution in [0.5, 0.6) is 0 Å². The van der Waals surface area contributed by atoms with E-state index in [0.717, 1.165) is 18.7 Å². The van der Waals surface area contributed by atoms with Gasteiger partial charge < -0.3 is 10.2 Å². The first-order chi connectivity index (χ1) is 9.72. The van der Waals surface area contributed by atoms with Crippen molar-refractivity contribution in [2.45, 2.75) is 26.3 Å². The Morgan fingerprint density at radius 2 is 1.50 bits per heavy atom. The number of benzene rings is 2. The Hall–Kier alpha value is -1.96. The van der Waals surface area contributed by atoms with E-state index in [0.29, 0.717) is 0 Å². The van der Waals surface area contributed by atoms with Crippen molar-refractivity contribution in [3.63, 3.8) is 0 Å². The van der Waals surface area contributed by atoms with E-state index in [2.05, 4.69) is 72.7 Å². The molecule has 1 N–H and O–H groups in total. The van der Waals surface area contributed by atoms with Crippen LogP contribution >= 0.6 is 0 Å². The molecule has 2 rings (SSSR count). The topological polar surface area (TPSA) is 15.3 Å². The van der Waals surface area contributed by atoms with Crippen molar-refractivity contribution in [2.75, 3.05) is 24.3 Å². The first kappa shape index (κ1) is 14.4. The Balaban J connectivity index is 2.01. The number of hydrogen-bond acceptors (Lipinski definition) is 2. The molecule has 0 unspecified atom stereocenters. The molecule has 0 spiro atoms. The van der Waals surface area contributed by atoms with Crippen molar-refractivity contribution in [1.29, 1.82) is 0 Å². The standard InChI is InChI=1S/C18H24N2/c1-4-5-15-8-12-18(13-9-15)20(3)14-16-6-10-17(19-2)11-7-16/h6-13,19H,4-5,14H2,1-3H3. The van der Waals surface area contributed by atoms with Crippen molar-refractivity contribution in [1.82, 2.24) is 0 Å². The predicted octanol–water partition coefficient (Wildman–Crippen LogP) is 4.32. The third-order valence-electron chi connectivity index (χ3n) is 3.58. The second-order valence-corrected chi connectivity index (χ2v) is 5.22. The highest BCUT2D eigenvalue weighted by Crippen LogP contribution is 2.18. The average Bonchev–Trinajstić information content (AvgIpc) is 2.49. The molecule has 0 saturated carbocycles. The maximum atomic E-state index is 3.14. The fourth-order valence-corrected chi connectivity index (χ4v) is 2.35. The molecule has 0 amide bonds. The molecule has 0 aliphatic carbocycles. The first-order valence-electron chi connectivity index (χ1n) is 7.29. The number of nitrogens with zero attached hydrogens (tertiary/aromatic N) is 1. The van der Waals surface area contributed by atoms with E-state index >= 15 is 0 Å².